The summed E-state index contributed by atoms with van der Waals surface area (Å²) in [6, 6.07) is 0. The molecule has 0 spiro atoms. The Labute approximate surface area is 246 Å². The quantitative estimate of drug-likeness (QED) is 0.0556. The van der Waals surface area contributed by atoms with Crippen LogP contribution in [-0.2, 0) is 0 Å². The lowest BCUT2D eigenvalue weighted by atomic mass is 9.84. The molecule has 0 heterocycles. The van der Waals surface area contributed by atoms with Gasteiger partial charge in [0.15, 0.2) is 0 Å². The average Bonchev–Trinajstić information content (AvgIpc) is 2.94. The smallest absolute Gasteiger partial charge is 0.0188 e. The van der Waals surface area contributed by atoms with Crippen LogP contribution in [0.4, 0.5) is 0 Å². The van der Waals surface area contributed by atoms with Crippen molar-refractivity contribution in [2.45, 2.75) is 150 Å². The minimum absolute atomic E-state index is 0.537. The third-order valence-corrected chi connectivity index (χ3v) is 8.63. The number of hydrogen-bond acceptors (Lipinski definition) is 0. The Morgan fingerprint density at radius 3 is 2.00 bits per heavy atom. The molecule has 39 heavy (non-hydrogen) atoms. The monoisotopic (exact) mass is 537 g/mol. The Hall–Kier alpha value is -1.56. The van der Waals surface area contributed by atoms with Gasteiger partial charge in [-0.3, -0.25) is 0 Å². The van der Waals surface area contributed by atoms with Crippen LogP contribution >= 0.6 is 0 Å². The summed E-state index contributed by atoms with van der Waals surface area (Å²) in [4.78, 5) is 0. The molecule has 0 aromatic heterocycles. The zero-order valence-corrected chi connectivity index (χ0v) is 27.2. The Bertz CT molecular complexity index is 687. The van der Waals surface area contributed by atoms with E-state index in [1.807, 2.05) is 12.2 Å². The predicted molar refractivity (Wildman–Crippen MR) is 181 cm³/mol. The van der Waals surface area contributed by atoms with Crippen LogP contribution < -0.4 is 0 Å². The molecule has 4 unspecified atom stereocenters. The molecule has 0 amide bonds. The summed E-state index contributed by atoms with van der Waals surface area (Å²) in [5, 5.41) is 0. The summed E-state index contributed by atoms with van der Waals surface area (Å²) >= 11 is 0. The molecule has 0 aromatic rings. The SMILES string of the molecule is C=C/C=C\C(CCCCC)CCCCC(CCC)CCCC/C=C\C(CC)CC(C)C(=C)/C(=C\C)CCC=C. The lowest BCUT2D eigenvalue weighted by molar-refractivity contribution is 0.374. The highest BCUT2D eigenvalue weighted by molar-refractivity contribution is 5.30. The minimum Gasteiger partial charge on any atom is -0.103 e. The van der Waals surface area contributed by atoms with Crippen molar-refractivity contribution in [3.8, 4) is 0 Å². The third-order valence-electron chi connectivity index (χ3n) is 8.63. The van der Waals surface area contributed by atoms with Gasteiger partial charge >= 0.3 is 0 Å². The summed E-state index contributed by atoms with van der Waals surface area (Å²) in [7, 11) is 0. The van der Waals surface area contributed by atoms with E-state index in [9.17, 15) is 0 Å². The molecule has 0 fully saturated rings. The average molecular weight is 537 g/mol. The van der Waals surface area contributed by atoms with Crippen LogP contribution in [0.3, 0.4) is 0 Å². The molecule has 0 nitrogen and oxygen atoms in total. The normalized spacial score (nSPS) is 15.5. The Kier molecular flexibility index (Phi) is 25.6. The van der Waals surface area contributed by atoms with Crippen LogP contribution in [0.5, 0.6) is 0 Å². The fourth-order valence-corrected chi connectivity index (χ4v) is 5.94. The van der Waals surface area contributed by atoms with Crippen molar-refractivity contribution in [2.75, 3.05) is 0 Å². The van der Waals surface area contributed by atoms with E-state index >= 15 is 0 Å². The van der Waals surface area contributed by atoms with E-state index in [0.717, 1.165) is 24.7 Å². The fourth-order valence-electron chi connectivity index (χ4n) is 5.94. The second-order valence-corrected chi connectivity index (χ2v) is 12.0. The van der Waals surface area contributed by atoms with Crippen LogP contribution in [0, 0.1) is 23.7 Å². The molecule has 0 aliphatic rings. The minimum atomic E-state index is 0.537. The molecule has 0 aliphatic carbocycles. The Balaban J connectivity index is 4.40. The molecule has 224 valence electrons. The molecule has 0 bridgehead atoms. The van der Waals surface area contributed by atoms with Gasteiger partial charge in [-0.25, -0.2) is 0 Å². The summed E-state index contributed by atoms with van der Waals surface area (Å²) < 4.78 is 0. The predicted octanol–water partition coefficient (Wildman–Crippen LogP) is 13.5. The molecular formula is C39H68. The lowest BCUT2D eigenvalue weighted by Crippen LogP contribution is -2.07. The van der Waals surface area contributed by atoms with Gasteiger partial charge in [0.1, 0.15) is 0 Å². The molecular weight excluding hydrogens is 468 g/mol. The maximum absolute atomic E-state index is 4.45. The molecule has 0 aromatic carbocycles. The number of unbranched alkanes of at least 4 members (excludes halogenated alkanes) is 5. The molecule has 0 saturated carbocycles. The molecule has 0 heteroatoms. The Morgan fingerprint density at radius 1 is 0.744 bits per heavy atom. The van der Waals surface area contributed by atoms with Crippen molar-refractivity contribution >= 4 is 0 Å². The molecule has 0 rings (SSSR count). The van der Waals surface area contributed by atoms with Gasteiger partial charge in [-0.15, -0.1) is 6.58 Å². The van der Waals surface area contributed by atoms with E-state index in [-0.39, 0.29) is 0 Å². The summed E-state index contributed by atoms with van der Waals surface area (Å²) in [6.07, 6.45) is 39.4. The van der Waals surface area contributed by atoms with Gasteiger partial charge in [-0.1, -0.05) is 148 Å². The van der Waals surface area contributed by atoms with Gasteiger partial charge in [0.25, 0.3) is 0 Å². The highest BCUT2D eigenvalue weighted by Crippen LogP contribution is 2.29. The van der Waals surface area contributed by atoms with E-state index in [2.05, 4.69) is 84.7 Å². The van der Waals surface area contributed by atoms with Crippen LogP contribution in [0.15, 0.2) is 73.4 Å². The van der Waals surface area contributed by atoms with Crippen molar-refractivity contribution in [3.05, 3.63) is 73.4 Å². The number of rotatable bonds is 27. The second-order valence-electron chi connectivity index (χ2n) is 12.0. The van der Waals surface area contributed by atoms with Gasteiger partial charge in [0, 0.05) is 0 Å². The van der Waals surface area contributed by atoms with E-state index < -0.39 is 0 Å². The largest absolute Gasteiger partial charge is 0.103 e. The summed E-state index contributed by atoms with van der Waals surface area (Å²) in [5.41, 5.74) is 2.74. The Morgan fingerprint density at radius 2 is 1.41 bits per heavy atom. The van der Waals surface area contributed by atoms with E-state index in [0.29, 0.717) is 11.8 Å². The first kappa shape index (κ1) is 37.4. The first-order valence-electron chi connectivity index (χ1n) is 16.9. The fraction of sp³-hybridized carbons (Fsp3) is 0.692. The third kappa shape index (κ3) is 20.0. The highest BCUT2D eigenvalue weighted by atomic mass is 14.2. The van der Waals surface area contributed by atoms with Gasteiger partial charge in [0.05, 0.1) is 0 Å². The van der Waals surface area contributed by atoms with Crippen LogP contribution in [-0.4, -0.2) is 0 Å². The van der Waals surface area contributed by atoms with Crippen LogP contribution in [0.25, 0.3) is 0 Å². The number of hydrogen-bond donors (Lipinski definition) is 0. The van der Waals surface area contributed by atoms with E-state index in [1.54, 1.807) is 0 Å². The topological polar surface area (TPSA) is 0 Å². The zero-order valence-electron chi connectivity index (χ0n) is 27.2. The van der Waals surface area contributed by atoms with Gasteiger partial charge in [-0.2, -0.15) is 0 Å². The lowest BCUT2D eigenvalue weighted by Gasteiger charge is -2.21. The van der Waals surface area contributed by atoms with Gasteiger partial charge in [0.2, 0.25) is 0 Å². The van der Waals surface area contributed by atoms with Crippen LogP contribution in [0.2, 0.25) is 0 Å². The second kappa shape index (κ2) is 26.7. The molecule has 0 aliphatic heterocycles. The summed E-state index contributed by atoms with van der Waals surface area (Å²) in [5.74, 6) is 2.88. The molecule has 0 saturated heterocycles. The number of allylic oxidation sites excluding steroid dienone is 9. The van der Waals surface area contributed by atoms with Gasteiger partial charge < -0.3 is 0 Å². The van der Waals surface area contributed by atoms with Crippen LogP contribution in [0.1, 0.15) is 150 Å². The van der Waals surface area contributed by atoms with Crippen molar-refractivity contribution in [3.63, 3.8) is 0 Å². The van der Waals surface area contributed by atoms with Gasteiger partial charge in [-0.05, 0) is 93.1 Å². The maximum atomic E-state index is 4.45. The van der Waals surface area contributed by atoms with Crippen molar-refractivity contribution in [1.29, 1.82) is 0 Å². The standard InChI is InChI=1S/C39H68/c1-9-15-20-28-38(26-16-10-2)31-24-23-30-37(25-12-4)29-22-19-18-21-27-36(13-5)33-34(7)35(8)39(14-6)32-17-11-3/h10-11,14,16,21,26-27,34,36-38H,2-3,8-9,12-13,15,17-20,22-25,28-33H2,1,4-7H3/b26-16-,27-21-,39-14-. The van der Waals surface area contributed by atoms with Crippen molar-refractivity contribution in [1.82, 2.24) is 0 Å². The van der Waals surface area contributed by atoms with E-state index in [1.165, 1.54) is 114 Å². The first-order valence-corrected chi connectivity index (χ1v) is 16.9. The summed E-state index contributed by atoms with van der Waals surface area (Å²) in [6.45, 7) is 23.7. The molecule has 0 radical (unpaired) electrons. The first-order chi connectivity index (χ1) is 19.0. The maximum Gasteiger partial charge on any atom is -0.0188 e. The zero-order chi connectivity index (χ0) is 29.1. The van der Waals surface area contributed by atoms with E-state index in [4.69, 9.17) is 0 Å². The van der Waals surface area contributed by atoms with Crippen molar-refractivity contribution in [2.24, 2.45) is 23.7 Å². The molecule has 0 N–H and O–H groups in total. The molecule has 4 atom stereocenters. The van der Waals surface area contributed by atoms with Crippen molar-refractivity contribution < 1.29 is 0 Å². The highest BCUT2D eigenvalue weighted by Gasteiger charge is 2.15.